The van der Waals surface area contributed by atoms with E-state index in [1.807, 2.05) is 13.0 Å². The third-order valence-corrected chi connectivity index (χ3v) is 4.49. The molecule has 23 heavy (non-hydrogen) atoms. The summed E-state index contributed by atoms with van der Waals surface area (Å²) in [5.74, 6) is -0.871. The molecule has 1 aromatic heterocycles. The molecule has 0 fully saturated rings. The van der Waals surface area contributed by atoms with Crippen molar-refractivity contribution in [1.82, 2.24) is 0 Å². The van der Waals surface area contributed by atoms with Gasteiger partial charge < -0.3 is 10.1 Å². The highest BCUT2D eigenvalue weighted by Crippen LogP contribution is 2.23. The first-order chi connectivity index (χ1) is 11.0. The number of rotatable bonds is 6. The minimum atomic E-state index is -0.471. The van der Waals surface area contributed by atoms with Crippen LogP contribution in [0.3, 0.4) is 0 Å². The van der Waals surface area contributed by atoms with Gasteiger partial charge in [0.15, 0.2) is 6.61 Å². The van der Waals surface area contributed by atoms with E-state index in [1.165, 1.54) is 11.3 Å². The number of benzene rings is 1. The molecule has 0 unspecified atom stereocenters. The lowest BCUT2D eigenvalue weighted by atomic mass is 10.1. The van der Waals surface area contributed by atoms with Crippen LogP contribution in [0, 0.1) is 6.92 Å². The molecule has 0 aliphatic heterocycles. The molecule has 2 rings (SSSR count). The average Bonchev–Trinajstić information content (AvgIpc) is 2.86. The number of carbonyl (C=O) groups excluding carboxylic acids is 2. The molecule has 0 aliphatic carbocycles. The lowest BCUT2D eigenvalue weighted by Gasteiger charge is -2.06. The molecule has 1 heterocycles. The van der Waals surface area contributed by atoms with Gasteiger partial charge in [0.2, 0.25) is 0 Å². The van der Waals surface area contributed by atoms with Gasteiger partial charge in [-0.3, -0.25) is 4.79 Å². The maximum atomic E-state index is 12.0. The summed E-state index contributed by atoms with van der Waals surface area (Å²) in [5, 5.41) is 3.15. The third kappa shape index (κ3) is 5.08. The molecule has 2 aromatic rings. The van der Waals surface area contributed by atoms with Gasteiger partial charge in [0.25, 0.3) is 5.91 Å². The number of esters is 1. The second kappa shape index (κ2) is 8.13. The van der Waals surface area contributed by atoms with Gasteiger partial charge in [0, 0.05) is 15.6 Å². The zero-order valence-electron chi connectivity index (χ0n) is 13.0. The molecule has 0 saturated carbocycles. The number of halogens is 1. The second-order valence-corrected chi connectivity index (χ2v) is 6.77. The van der Waals surface area contributed by atoms with E-state index in [0.717, 1.165) is 23.3 Å². The summed E-state index contributed by atoms with van der Waals surface area (Å²) in [5.41, 5.74) is 1.73. The maximum absolute atomic E-state index is 12.0. The Morgan fingerprint density at radius 1 is 1.30 bits per heavy atom. The zero-order valence-corrected chi connectivity index (χ0v) is 14.6. The summed E-state index contributed by atoms with van der Waals surface area (Å²) in [4.78, 5) is 25.5. The lowest BCUT2D eigenvalue weighted by molar-refractivity contribution is -0.119. The van der Waals surface area contributed by atoms with Crippen LogP contribution in [0.25, 0.3) is 0 Å². The van der Waals surface area contributed by atoms with Crippen LogP contribution in [-0.2, 0) is 16.0 Å². The number of carbonyl (C=O) groups is 2. The minimum Gasteiger partial charge on any atom is -0.451 e. The summed E-state index contributed by atoms with van der Waals surface area (Å²) in [7, 11) is 0. The van der Waals surface area contributed by atoms with Crippen molar-refractivity contribution in [2.45, 2.75) is 26.7 Å². The van der Waals surface area contributed by atoms with E-state index in [-0.39, 0.29) is 6.61 Å². The molecule has 1 N–H and O–H groups in total. The lowest BCUT2D eigenvalue weighted by Crippen LogP contribution is -2.20. The van der Waals surface area contributed by atoms with Crippen LogP contribution in [-0.4, -0.2) is 18.5 Å². The van der Waals surface area contributed by atoms with Gasteiger partial charge in [-0.15, -0.1) is 11.3 Å². The van der Waals surface area contributed by atoms with Crippen molar-refractivity contribution >= 4 is 40.5 Å². The quantitative estimate of drug-likeness (QED) is 0.782. The number of thiophene rings is 1. The molecule has 0 spiro atoms. The summed E-state index contributed by atoms with van der Waals surface area (Å²) < 4.78 is 5.07. The van der Waals surface area contributed by atoms with E-state index in [2.05, 4.69) is 12.2 Å². The van der Waals surface area contributed by atoms with Crippen LogP contribution in [0.4, 0.5) is 5.69 Å². The molecule has 1 amide bonds. The Hall–Kier alpha value is -1.85. The zero-order chi connectivity index (χ0) is 16.8. The van der Waals surface area contributed by atoms with Crippen LogP contribution < -0.4 is 5.32 Å². The van der Waals surface area contributed by atoms with Crippen LogP contribution in [0.15, 0.2) is 30.3 Å². The maximum Gasteiger partial charge on any atom is 0.348 e. The van der Waals surface area contributed by atoms with E-state index < -0.39 is 11.9 Å². The van der Waals surface area contributed by atoms with Crippen molar-refractivity contribution in [2.75, 3.05) is 11.9 Å². The third-order valence-electron chi connectivity index (χ3n) is 3.18. The van der Waals surface area contributed by atoms with Gasteiger partial charge in [-0.25, -0.2) is 4.79 Å². The fourth-order valence-corrected chi connectivity index (χ4v) is 3.26. The van der Waals surface area contributed by atoms with E-state index in [1.54, 1.807) is 24.3 Å². The largest absolute Gasteiger partial charge is 0.451 e. The van der Waals surface area contributed by atoms with Gasteiger partial charge >= 0.3 is 5.97 Å². The molecule has 1 aromatic carbocycles. The number of anilines is 1. The molecule has 0 atom stereocenters. The average molecular weight is 352 g/mol. The fraction of sp³-hybridized carbons (Fsp3) is 0.294. The SMILES string of the molecule is CCCc1cc(C(=O)OCC(=O)Nc2cccc(Cl)c2)sc1C. The molecule has 0 aliphatic rings. The van der Waals surface area contributed by atoms with Gasteiger partial charge in [0.1, 0.15) is 4.88 Å². The molecule has 0 bridgehead atoms. The Kier molecular flexibility index (Phi) is 6.19. The van der Waals surface area contributed by atoms with Crippen molar-refractivity contribution < 1.29 is 14.3 Å². The highest BCUT2D eigenvalue weighted by molar-refractivity contribution is 7.14. The van der Waals surface area contributed by atoms with Crippen molar-refractivity contribution in [3.05, 3.63) is 50.7 Å². The summed E-state index contributed by atoms with van der Waals surface area (Å²) in [6, 6.07) is 8.63. The van der Waals surface area contributed by atoms with Crippen molar-refractivity contribution in [3.63, 3.8) is 0 Å². The fourth-order valence-electron chi connectivity index (χ4n) is 2.10. The molecular weight excluding hydrogens is 334 g/mol. The first kappa shape index (κ1) is 17.5. The molecular formula is C17H18ClNO3S. The normalized spacial score (nSPS) is 10.4. The van der Waals surface area contributed by atoms with E-state index in [0.29, 0.717) is 15.6 Å². The Labute approximate surface area is 144 Å². The summed E-state index contributed by atoms with van der Waals surface area (Å²) in [6.45, 7) is 3.75. The highest BCUT2D eigenvalue weighted by atomic mass is 35.5. The summed E-state index contributed by atoms with van der Waals surface area (Å²) in [6.07, 6.45) is 1.96. The van der Waals surface area contributed by atoms with Gasteiger partial charge in [0.05, 0.1) is 0 Å². The topological polar surface area (TPSA) is 55.4 Å². The number of nitrogens with one attached hydrogen (secondary N) is 1. The molecule has 6 heteroatoms. The van der Waals surface area contributed by atoms with Crippen molar-refractivity contribution in [1.29, 1.82) is 0 Å². The predicted molar refractivity (Wildman–Crippen MR) is 93.4 cm³/mol. The first-order valence-electron chi connectivity index (χ1n) is 7.31. The van der Waals surface area contributed by atoms with Crippen LogP contribution in [0.5, 0.6) is 0 Å². The number of ether oxygens (including phenoxy) is 1. The van der Waals surface area contributed by atoms with Crippen molar-refractivity contribution in [2.24, 2.45) is 0 Å². The van der Waals surface area contributed by atoms with E-state index in [4.69, 9.17) is 16.3 Å². The number of hydrogen-bond donors (Lipinski definition) is 1. The van der Waals surface area contributed by atoms with Gasteiger partial charge in [-0.1, -0.05) is 31.0 Å². The van der Waals surface area contributed by atoms with Gasteiger partial charge in [-0.2, -0.15) is 0 Å². The second-order valence-electron chi connectivity index (χ2n) is 5.08. The van der Waals surface area contributed by atoms with E-state index >= 15 is 0 Å². The smallest absolute Gasteiger partial charge is 0.348 e. The monoisotopic (exact) mass is 351 g/mol. The molecule has 0 saturated heterocycles. The molecule has 0 radical (unpaired) electrons. The number of hydrogen-bond acceptors (Lipinski definition) is 4. The van der Waals surface area contributed by atoms with Crippen LogP contribution in [0.1, 0.15) is 33.5 Å². The Morgan fingerprint density at radius 2 is 2.09 bits per heavy atom. The van der Waals surface area contributed by atoms with E-state index in [9.17, 15) is 9.59 Å². The number of amides is 1. The van der Waals surface area contributed by atoms with Crippen LogP contribution in [0.2, 0.25) is 5.02 Å². The molecule has 122 valence electrons. The van der Waals surface area contributed by atoms with Gasteiger partial charge in [-0.05, 0) is 43.2 Å². The summed E-state index contributed by atoms with van der Waals surface area (Å²) >= 11 is 7.24. The standard InChI is InChI=1S/C17H18ClNO3S/c1-3-5-12-8-15(23-11(12)2)17(21)22-10-16(20)19-14-7-4-6-13(18)9-14/h4,6-9H,3,5,10H2,1-2H3,(H,19,20). The first-order valence-corrected chi connectivity index (χ1v) is 8.51. The minimum absolute atomic E-state index is 0.328. The predicted octanol–water partition coefficient (Wildman–Crippen LogP) is 4.46. The molecule has 4 nitrogen and oxygen atoms in total. The van der Waals surface area contributed by atoms with Crippen molar-refractivity contribution in [3.8, 4) is 0 Å². The Morgan fingerprint density at radius 3 is 2.78 bits per heavy atom. The highest BCUT2D eigenvalue weighted by Gasteiger charge is 2.15. The van der Waals surface area contributed by atoms with Crippen LogP contribution >= 0.6 is 22.9 Å². The Bertz CT molecular complexity index is 712. The number of aryl methyl sites for hydroxylation is 2. The Balaban J connectivity index is 1.88.